The summed E-state index contributed by atoms with van der Waals surface area (Å²) in [5.74, 6) is 0.0277. The van der Waals surface area contributed by atoms with Crippen molar-refractivity contribution in [1.82, 2.24) is 0 Å². The van der Waals surface area contributed by atoms with Crippen LogP contribution in [0, 0.1) is 0 Å². The Morgan fingerprint density at radius 2 is 1.93 bits per heavy atom. The number of amides is 1. The molecular formula is C8H8Cl3N3O. The number of rotatable bonds is 0. The van der Waals surface area contributed by atoms with E-state index in [0.717, 1.165) is 0 Å². The van der Waals surface area contributed by atoms with Crippen LogP contribution < -0.4 is 5.73 Å². The Balaban J connectivity index is 2.47. The minimum atomic E-state index is -1.55. The minimum absolute atomic E-state index is 0.110. The number of nitrogens with two attached hydrogens (primary N) is 1. The molecule has 1 amide bonds. The maximum absolute atomic E-state index is 11.4. The SMILES string of the molecule is NC1=NC2=NC(=O)C(Cl)(Cl)C[C@@]2(Cl)CC1. The van der Waals surface area contributed by atoms with E-state index in [-0.39, 0.29) is 12.3 Å². The molecular weight excluding hydrogens is 260 g/mol. The number of halogens is 3. The lowest BCUT2D eigenvalue weighted by Crippen LogP contribution is -2.48. The predicted molar refractivity (Wildman–Crippen MR) is 60.9 cm³/mol. The molecule has 0 bridgehead atoms. The number of amidine groups is 2. The minimum Gasteiger partial charge on any atom is -0.387 e. The highest BCUT2D eigenvalue weighted by atomic mass is 35.5. The predicted octanol–water partition coefficient (Wildman–Crippen LogP) is 1.62. The summed E-state index contributed by atoms with van der Waals surface area (Å²) in [6, 6.07) is 0. The number of aliphatic imine (C=N–C) groups is 2. The van der Waals surface area contributed by atoms with Gasteiger partial charge in [0.15, 0.2) is 10.2 Å². The standard InChI is InChI=1S/C8H8Cl3N3O/c9-7-2-1-4(12)13-5(7)14-6(15)8(10,11)3-7/h1-3H2,(H2,12,13,14,15)/t7-/m0/s1. The van der Waals surface area contributed by atoms with Gasteiger partial charge in [0, 0.05) is 12.8 Å². The summed E-state index contributed by atoms with van der Waals surface area (Å²) in [5.41, 5.74) is 5.55. The molecule has 1 atom stereocenters. The summed E-state index contributed by atoms with van der Waals surface area (Å²) in [6.45, 7) is 0. The molecule has 2 N–H and O–H groups in total. The van der Waals surface area contributed by atoms with Gasteiger partial charge in [0.25, 0.3) is 5.91 Å². The number of hydrogen-bond acceptors (Lipinski definition) is 3. The molecule has 0 saturated carbocycles. The number of fused-ring (bicyclic) bond motifs is 1. The molecule has 2 heterocycles. The number of alkyl halides is 3. The van der Waals surface area contributed by atoms with Crippen molar-refractivity contribution in [2.45, 2.75) is 28.5 Å². The average Bonchev–Trinajstić information content (AvgIpc) is 2.09. The van der Waals surface area contributed by atoms with Crippen molar-refractivity contribution in [2.75, 3.05) is 0 Å². The first-order valence-corrected chi connectivity index (χ1v) is 5.50. The van der Waals surface area contributed by atoms with E-state index in [1.807, 2.05) is 0 Å². The van der Waals surface area contributed by atoms with Crippen LogP contribution in [0.3, 0.4) is 0 Å². The van der Waals surface area contributed by atoms with Crippen LogP contribution in [0.15, 0.2) is 9.98 Å². The monoisotopic (exact) mass is 267 g/mol. The first-order valence-electron chi connectivity index (χ1n) is 4.37. The molecule has 2 rings (SSSR count). The number of hydrogen-bond donors (Lipinski definition) is 1. The van der Waals surface area contributed by atoms with Crippen molar-refractivity contribution in [2.24, 2.45) is 15.7 Å². The van der Waals surface area contributed by atoms with Gasteiger partial charge in [-0.25, -0.2) is 4.99 Å². The molecule has 2 aliphatic rings. The van der Waals surface area contributed by atoms with Gasteiger partial charge in [-0.15, -0.1) is 11.6 Å². The lowest BCUT2D eigenvalue weighted by atomic mass is 9.90. The fraction of sp³-hybridized carbons (Fsp3) is 0.625. The third kappa shape index (κ3) is 1.86. The quantitative estimate of drug-likeness (QED) is 0.678. The van der Waals surface area contributed by atoms with Gasteiger partial charge in [0.2, 0.25) is 0 Å². The Kier molecular flexibility index (Phi) is 2.48. The van der Waals surface area contributed by atoms with Gasteiger partial charge in [-0.3, -0.25) is 4.79 Å². The zero-order chi connectivity index (χ0) is 11.3. The largest absolute Gasteiger partial charge is 0.387 e. The van der Waals surface area contributed by atoms with Crippen LogP contribution in [0.25, 0.3) is 0 Å². The topological polar surface area (TPSA) is 67.8 Å². The molecule has 0 unspecified atom stereocenters. The Labute approximate surface area is 101 Å². The van der Waals surface area contributed by atoms with E-state index in [4.69, 9.17) is 40.5 Å². The molecule has 7 heteroatoms. The Morgan fingerprint density at radius 3 is 2.60 bits per heavy atom. The van der Waals surface area contributed by atoms with Gasteiger partial charge in [-0.2, -0.15) is 4.99 Å². The third-order valence-electron chi connectivity index (χ3n) is 2.45. The zero-order valence-electron chi connectivity index (χ0n) is 7.64. The van der Waals surface area contributed by atoms with Crippen molar-refractivity contribution in [1.29, 1.82) is 0 Å². The summed E-state index contributed by atoms with van der Waals surface area (Å²) in [6.07, 6.45) is 1.21. The molecule has 82 valence electrons. The Bertz CT molecular complexity index is 391. The molecule has 0 fully saturated rings. The second-order valence-electron chi connectivity index (χ2n) is 3.69. The lowest BCUT2D eigenvalue weighted by molar-refractivity contribution is -0.119. The van der Waals surface area contributed by atoms with E-state index in [2.05, 4.69) is 9.98 Å². The van der Waals surface area contributed by atoms with Crippen molar-refractivity contribution >= 4 is 52.4 Å². The second kappa shape index (κ2) is 3.34. The molecule has 0 aromatic heterocycles. The normalized spacial score (nSPS) is 34.2. The van der Waals surface area contributed by atoms with Crippen LogP contribution >= 0.6 is 34.8 Å². The van der Waals surface area contributed by atoms with Crippen molar-refractivity contribution in [3.63, 3.8) is 0 Å². The third-order valence-corrected chi connectivity index (χ3v) is 3.53. The molecule has 2 aliphatic heterocycles. The Morgan fingerprint density at radius 1 is 1.27 bits per heavy atom. The molecule has 0 spiro atoms. The number of carbonyl (C=O) groups excluding carboxylic acids is 1. The summed E-state index contributed by atoms with van der Waals surface area (Å²) in [7, 11) is 0. The highest BCUT2D eigenvalue weighted by Gasteiger charge is 2.51. The van der Waals surface area contributed by atoms with E-state index in [1.54, 1.807) is 0 Å². The maximum atomic E-state index is 11.4. The van der Waals surface area contributed by atoms with E-state index < -0.39 is 15.1 Å². The molecule has 15 heavy (non-hydrogen) atoms. The van der Waals surface area contributed by atoms with Gasteiger partial charge in [0.1, 0.15) is 10.7 Å². The van der Waals surface area contributed by atoms with Gasteiger partial charge < -0.3 is 5.73 Å². The van der Waals surface area contributed by atoms with Gasteiger partial charge in [-0.05, 0) is 6.42 Å². The zero-order valence-corrected chi connectivity index (χ0v) is 9.90. The first-order chi connectivity index (χ1) is 6.83. The molecule has 0 aromatic rings. The molecule has 0 aliphatic carbocycles. The van der Waals surface area contributed by atoms with Crippen LogP contribution in [-0.2, 0) is 4.79 Å². The highest BCUT2D eigenvalue weighted by Crippen LogP contribution is 2.44. The van der Waals surface area contributed by atoms with Crippen molar-refractivity contribution in [3.8, 4) is 0 Å². The number of nitrogens with zero attached hydrogens (tertiary/aromatic N) is 2. The van der Waals surface area contributed by atoms with E-state index >= 15 is 0 Å². The van der Waals surface area contributed by atoms with E-state index in [0.29, 0.717) is 18.7 Å². The van der Waals surface area contributed by atoms with Gasteiger partial charge in [-0.1, -0.05) is 23.2 Å². The van der Waals surface area contributed by atoms with Crippen LogP contribution in [0.4, 0.5) is 0 Å². The van der Waals surface area contributed by atoms with Gasteiger partial charge in [0.05, 0.1) is 0 Å². The van der Waals surface area contributed by atoms with Gasteiger partial charge >= 0.3 is 0 Å². The van der Waals surface area contributed by atoms with E-state index in [9.17, 15) is 4.79 Å². The smallest absolute Gasteiger partial charge is 0.283 e. The summed E-state index contributed by atoms with van der Waals surface area (Å²) in [5, 5.41) is 0. The number of carbonyl (C=O) groups is 1. The summed E-state index contributed by atoms with van der Waals surface area (Å²) >= 11 is 17.9. The second-order valence-corrected chi connectivity index (χ2v) is 5.90. The highest BCUT2D eigenvalue weighted by molar-refractivity contribution is 6.60. The summed E-state index contributed by atoms with van der Waals surface area (Å²) < 4.78 is -1.55. The van der Waals surface area contributed by atoms with Crippen LogP contribution in [0.2, 0.25) is 0 Å². The molecule has 4 nitrogen and oxygen atoms in total. The van der Waals surface area contributed by atoms with Crippen LogP contribution in [0.1, 0.15) is 19.3 Å². The fourth-order valence-corrected chi connectivity index (χ4v) is 2.69. The van der Waals surface area contributed by atoms with Crippen molar-refractivity contribution in [3.05, 3.63) is 0 Å². The fourth-order valence-electron chi connectivity index (χ4n) is 1.63. The average molecular weight is 269 g/mol. The maximum Gasteiger partial charge on any atom is 0.283 e. The van der Waals surface area contributed by atoms with Crippen molar-refractivity contribution < 1.29 is 4.79 Å². The molecule has 0 radical (unpaired) electrons. The lowest BCUT2D eigenvalue weighted by Gasteiger charge is -2.36. The first kappa shape index (κ1) is 11.2. The van der Waals surface area contributed by atoms with Crippen LogP contribution in [0.5, 0.6) is 0 Å². The van der Waals surface area contributed by atoms with Crippen LogP contribution in [-0.4, -0.2) is 26.8 Å². The summed E-state index contributed by atoms with van der Waals surface area (Å²) in [4.78, 5) is 18.2. The molecule has 0 aromatic carbocycles. The Hall–Kier alpha value is -0.320. The molecule has 0 saturated heterocycles. The van der Waals surface area contributed by atoms with E-state index in [1.165, 1.54) is 0 Å².